The zero-order valence-corrected chi connectivity index (χ0v) is 13.6. The van der Waals surface area contributed by atoms with Crippen molar-refractivity contribution in [1.29, 1.82) is 0 Å². The van der Waals surface area contributed by atoms with E-state index in [1.54, 1.807) is 17.0 Å². The first-order chi connectivity index (χ1) is 11.0. The number of nitrogens with one attached hydrogen (secondary N) is 2. The van der Waals surface area contributed by atoms with Gasteiger partial charge >= 0.3 is 0 Å². The number of nitrogens with zero attached hydrogens (tertiary/aromatic N) is 1. The fourth-order valence-electron chi connectivity index (χ4n) is 2.77. The summed E-state index contributed by atoms with van der Waals surface area (Å²) in [6.07, 6.45) is 1.39. The average Bonchev–Trinajstić information content (AvgIpc) is 2.55. The summed E-state index contributed by atoms with van der Waals surface area (Å²) in [5.74, 6) is -0.832. The molecule has 1 aromatic carbocycles. The van der Waals surface area contributed by atoms with E-state index in [4.69, 9.17) is 0 Å². The van der Waals surface area contributed by atoms with Crippen LogP contribution in [0.15, 0.2) is 24.3 Å². The molecule has 0 saturated carbocycles. The zero-order valence-electron chi connectivity index (χ0n) is 13.6. The van der Waals surface area contributed by atoms with Gasteiger partial charge in [0.2, 0.25) is 5.91 Å². The Balaban J connectivity index is 1.85. The maximum atomic E-state index is 13.7. The topological polar surface area (TPSA) is 61.4 Å². The van der Waals surface area contributed by atoms with E-state index in [1.165, 1.54) is 12.1 Å². The molecule has 1 atom stereocenters. The number of amides is 2. The molecule has 1 aliphatic heterocycles. The summed E-state index contributed by atoms with van der Waals surface area (Å²) in [6.45, 7) is 3.57. The minimum absolute atomic E-state index is 0.0261. The molecule has 0 spiro atoms. The molecule has 23 heavy (non-hydrogen) atoms. The van der Waals surface area contributed by atoms with E-state index >= 15 is 0 Å². The fraction of sp³-hybridized carbons (Fsp3) is 0.529. The SMILES string of the molecule is CNCC(C)C(=O)NC1CCN(C(=O)c2ccccc2F)CC1. The Bertz CT molecular complexity index is 557. The molecule has 1 heterocycles. The summed E-state index contributed by atoms with van der Waals surface area (Å²) < 4.78 is 13.7. The van der Waals surface area contributed by atoms with Gasteiger partial charge in [-0.15, -0.1) is 0 Å². The molecule has 1 fully saturated rings. The summed E-state index contributed by atoms with van der Waals surface area (Å²) >= 11 is 0. The van der Waals surface area contributed by atoms with Gasteiger partial charge < -0.3 is 15.5 Å². The smallest absolute Gasteiger partial charge is 0.256 e. The second-order valence-electron chi connectivity index (χ2n) is 6.01. The Morgan fingerprint density at radius 3 is 2.57 bits per heavy atom. The van der Waals surface area contributed by atoms with E-state index in [0.29, 0.717) is 32.5 Å². The zero-order chi connectivity index (χ0) is 16.8. The average molecular weight is 321 g/mol. The van der Waals surface area contributed by atoms with Gasteiger partial charge in [-0.05, 0) is 32.0 Å². The van der Waals surface area contributed by atoms with E-state index in [2.05, 4.69) is 10.6 Å². The maximum absolute atomic E-state index is 13.7. The fourth-order valence-corrected chi connectivity index (χ4v) is 2.77. The first-order valence-corrected chi connectivity index (χ1v) is 8.01. The molecule has 2 N–H and O–H groups in total. The highest BCUT2D eigenvalue weighted by Gasteiger charge is 2.26. The largest absolute Gasteiger partial charge is 0.353 e. The van der Waals surface area contributed by atoms with Gasteiger partial charge in [-0.2, -0.15) is 0 Å². The van der Waals surface area contributed by atoms with E-state index in [-0.39, 0.29) is 29.3 Å². The lowest BCUT2D eigenvalue weighted by Crippen LogP contribution is -2.48. The van der Waals surface area contributed by atoms with E-state index in [1.807, 2.05) is 14.0 Å². The molecule has 1 saturated heterocycles. The molecule has 5 nitrogen and oxygen atoms in total. The number of hydrogen-bond donors (Lipinski definition) is 2. The van der Waals surface area contributed by atoms with Crippen molar-refractivity contribution < 1.29 is 14.0 Å². The van der Waals surface area contributed by atoms with Crippen LogP contribution in [0.4, 0.5) is 4.39 Å². The number of halogens is 1. The van der Waals surface area contributed by atoms with Gasteiger partial charge in [-0.25, -0.2) is 4.39 Å². The third kappa shape index (κ3) is 4.51. The Morgan fingerprint density at radius 2 is 1.96 bits per heavy atom. The van der Waals surface area contributed by atoms with Gasteiger partial charge in [0.05, 0.1) is 5.56 Å². The summed E-state index contributed by atoms with van der Waals surface area (Å²) in [6, 6.07) is 6.10. The van der Waals surface area contributed by atoms with Gasteiger partial charge in [0.25, 0.3) is 5.91 Å². The van der Waals surface area contributed by atoms with Crippen LogP contribution in [0.3, 0.4) is 0 Å². The molecular formula is C17H24FN3O2. The van der Waals surface area contributed by atoms with Gasteiger partial charge in [0.15, 0.2) is 0 Å². The Labute approximate surface area is 136 Å². The normalized spacial score (nSPS) is 16.9. The van der Waals surface area contributed by atoms with E-state index < -0.39 is 5.82 Å². The molecule has 6 heteroatoms. The molecule has 1 aromatic rings. The van der Waals surface area contributed by atoms with Crippen molar-refractivity contribution in [1.82, 2.24) is 15.5 Å². The number of benzene rings is 1. The lowest BCUT2D eigenvalue weighted by atomic mass is 10.0. The Morgan fingerprint density at radius 1 is 1.30 bits per heavy atom. The second-order valence-corrected chi connectivity index (χ2v) is 6.01. The van der Waals surface area contributed by atoms with E-state index in [9.17, 15) is 14.0 Å². The molecule has 2 amide bonds. The minimum Gasteiger partial charge on any atom is -0.353 e. The van der Waals surface area contributed by atoms with Gasteiger partial charge in [-0.3, -0.25) is 9.59 Å². The Kier molecular flexibility index (Phi) is 6.10. The summed E-state index contributed by atoms with van der Waals surface area (Å²) in [5, 5.41) is 6.00. The van der Waals surface area contributed by atoms with Gasteiger partial charge in [-0.1, -0.05) is 19.1 Å². The Hall–Kier alpha value is -1.95. The van der Waals surface area contributed by atoms with Crippen LogP contribution in [-0.4, -0.2) is 49.4 Å². The monoisotopic (exact) mass is 321 g/mol. The van der Waals surface area contributed by atoms with Crippen molar-refractivity contribution in [2.45, 2.75) is 25.8 Å². The molecule has 126 valence electrons. The van der Waals surface area contributed by atoms with Crippen LogP contribution in [-0.2, 0) is 4.79 Å². The molecule has 0 aliphatic carbocycles. The number of rotatable bonds is 5. The third-order valence-electron chi connectivity index (χ3n) is 4.19. The van der Waals surface area contributed by atoms with Crippen molar-refractivity contribution in [2.75, 3.05) is 26.7 Å². The van der Waals surface area contributed by atoms with Crippen molar-refractivity contribution >= 4 is 11.8 Å². The first-order valence-electron chi connectivity index (χ1n) is 8.01. The van der Waals surface area contributed by atoms with Crippen LogP contribution in [0, 0.1) is 11.7 Å². The van der Waals surface area contributed by atoms with Crippen molar-refractivity contribution in [2.24, 2.45) is 5.92 Å². The number of hydrogen-bond acceptors (Lipinski definition) is 3. The van der Waals surface area contributed by atoms with Crippen LogP contribution in [0.1, 0.15) is 30.1 Å². The predicted molar refractivity (Wildman–Crippen MR) is 86.6 cm³/mol. The number of carbonyl (C=O) groups is 2. The highest BCUT2D eigenvalue weighted by molar-refractivity contribution is 5.94. The van der Waals surface area contributed by atoms with Crippen molar-refractivity contribution in [3.8, 4) is 0 Å². The molecule has 0 aromatic heterocycles. The molecule has 0 bridgehead atoms. The van der Waals surface area contributed by atoms with Crippen LogP contribution < -0.4 is 10.6 Å². The minimum atomic E-state index is -0.492. The van der Waals surface area contributed by atoms with Crippen LogP contribution >= 0.6 is 0 Å². The molecule has 0 radical (unpaired) electrons. The van der Waals surface area contributed by atoms with Crippen molar-refractivity contribution in [3.05, 3.63) is 35.6 Å². The summed E-state index contributed by atoms with van der Waals surface area (Å²) in [5.41, 5.74) is 0.109. The maximum Gasteiger partial charge on any atom is 0.256 e. The van der Waals surface area contributed by atoms with Crippen LogP contribution in [0.5, 0.6) is 0 Å². The second kappa shape index (κ2) is 8.06. The van der Waals surface area contributed by atoms with Crippen LogP contribution in [0.2, 0.25) is 0 Å². The summed E-state index contributed by atoms with van der Waals surface area (Å²) in [4.78, 5) is 26.0. The first kappa shape index (κ1) is 17.4. The summed E-state index contributed by atoms with van der Waals surface area (Å²) in [7, 11) is 1.82. The number of carbonyl (C=O) groups excluding carboxylic acids is 2. The van der Waals surface area contributed by atoms with Crippen molar-refractivity contribution in [3.63, 3.8) is 0 Å². The lowest BCUT2D eigenvalue weighted by Gasteiger charge is -2.33. The van der Waals surface area contributed by atoms with Gasteiger partial charge in [0, 0.05) is 31.6 Å². The molecule has 1 aliphatic rings. The molecular weight excluding hydrogens is 297 g/mol. The highest BCUT2D eigenvalue weighted by Crippen LogP contribution is 2.16. The van der Waals surface area contributed by atoms with Crippen LogP contribution in [0.25, 0.3) is 0 Å². The quantitative estimate of drug-likeness (QED) is 0.862. The highest BCUT2D eigenvalue weighted by atomic mass is 19.1. The lowest BCUT2D eigenvalue weighted by molar-refractivity contribution is -0.125. The third-order valence-corrected chi connectivity index (χ3v) is 4.19. The molecule has 1 unspecified atom stereocenters. The molecule has 2 rings (SSSR count). The standard InChI is InChI=1S/C17H24FN3O2/c1-12(11-19-2)16(22)20-13-7-9-21(10-8-13)17(23)14-5-3-4-6-15(14)18/h3-6,12-13,19H,7-11H2,1-2H3,(H,20,22). The predicted octanol–water partition coefficient (Wildman–Crippen LogP) is 1.40. The number of piperidine rings is 1. The number of likely N-dealkylation sites (tertiary alicyclic amines) is 1. The van der Waals surface area contributed by atoms with E-state index in [0.717, 1.165) is 0 Å². The van der Waals surface area contributed by atoms with Gasteiger partial charge in [0.1, 0.15) is 5.82 Å².